The highest BCUT2D eigenvalue weighted by Gasteiger charge is 2.26. The molecule has 1 fully saturated rings. The molecule has 0 radical (unpaired) electrons. The Bertz CT molecular complexity index is 849. The van der Waals surface area contributed by atoms with Crippen LogP contribution in [0.4, 0.5) is 0 Å². The maximum absolute atomic E-state index is 12.9. The number of fused-ring (bicyclic) bond motifs is 1. The summed E-state index contributed by atoms with van der Waals surface area (Å²) in [5.41, 5.74) is -0.272. The SMILES string of the molecule is Cn1nc(C(=O)NC(C)(C)CN2CCCCCC2)c2ccccc2c1=O. The van der Waals surface area contributed by atoms with Gasteiger partial charge in [-0.15, -0.1) is 0 Å². The van der Waals surface area contributed by atoms with E-state index >= 15 is 0 Å². The number of hydrogen-bond donors (Lipinski definition) is 1. The summed E-state index contributed by atoms with van der Waals surface area (Å²) in [7, 11) is 1.58. The van der Waals surface area contributed by atoms with E-state index in [1.165, 1.54) is 30.4 Å². The van der Waals surface area contributed by atoms with Crippen molar-refractivity contribution < 1.29 is 4.79 Å². The molecule has 0 bridgehead atoms. The second-order valence-electron chi connectivity index (χ2n) is 7.85. The third-order valence-corrected chi connectivity index (χ3v) is 4.94. The van der Waals surface area contributed by atoms with Gasteiger partial charge >= 0.3 is 0 Å². The second kappa shape index (κ2) is 7.58. The summed E-state index contributed by atoms with van der Waals surface area (Å²) in [5, 5.41) is 8.46. The normalized spacial score (nSPS) is 16.4. The van der Waals surface area contributed by atoms with Crippen LogP contribution in [0.15, 0.2) is 29.1 Å². The largest absolute Gasteiger partial charge is 0.344 e. The lowest BCUT2D eigenvalue weighted by molar-refractivity contribution is 0.0882. The van der Waals surface area contributed by atoms with E-state index in [0.717, 1.165) is 19.6 Å². The Kier molecular flexibility index (Phi) is 5.41. The number of benzene rings is 1. The molecule has 1 aliphatic heterocycles. The average Bonchev–Trinajstić information content (AvgIpc) is 2.85. The Hall–Kier alpha value is -2.21. The van der Waals surface area contributed by atoms with Gasteiger partial charge in [-0.1, -0.05) is 31.0 Å². The smallest absolute Gasteiger partial charge is 0.274 e. The molecule has 6 nitrogen and oxygen atoms in total. The number of aromatic nitrogens is 2. The molecule has 0 unspecified atom stereocenters. The first kappa shape index (κ1) is 18.6. The van der Waals surface area contributed by atoms with Crippen LogP contribution in [-0.2, 0) is 7.05 Å². The molecule has 140 valence electrons. The monoisotopic (exact) mass is 356 g/mol. The van der Waals surface area contributed by atoms with E-state index in [2.05, 4.69) is 15.3 Å². The average molecular weight is 356 g/mol. The van der Waals surface area contributed by atoms with Gasteiger partial charge in [0.1, 0.15) is 0 Å². The van der Waals surface area contributed by atoms with Crippen LogP contribution in [0.25, 0.3) is 10.8 Å². The van der Waals surface area contributed by atoms with Gasteiger partial charge in [0.05, 0.1) is 5.39 Å². The molecule has 2 aromatic rings. The predicted molar refractivity (Wildman–Crippen MR) is 103 cm³/mol. The number of carbonyl (C=O) groups is 1. The standard InChI is InChI=1S/C20H28N4O2/c1-20(2,14-24-12-8-4-5-9-13-24)21-18(25)17-15-10-6-7-11-16(15)19(26)23(3)22-17/h6-7,10-11H,4-5,8-9,12-14H2,1-3H3,(H,21,25). The maximum atomic E-state index is 12.9. The van der Waals surface area contributed by atoms with Gasteiger partial charge in [-0.2, -0.15) is 5.10 Å². The third-order valence-electron chi connectivity index (χ3n) is 4.94. The molecule has 0 saturated carbocycles. The molecule has 0 atom stereocenters. The summed E-state index contributed by atoms with van der Waals surface area (Å²) < 4.78 is 1.24. The Morgan fingerprint density at radius 1 is 1.12 bits per heavy atom. The van der Waals surface area contributed by atoms with Gasteiger partial charge in [0.2, 0.25) is 0 Å². The van der Waals surface area contributed by atoms with Crippen molar-refractivity contribution in [3.63, 3.8) is 0 Å². The van der Waals surface area contributed by atoms with E-state index in [-0.39, 0.29) is 17.0 Å². The minimum atomic E-state index is -0.376. The Morgan fingerprint density at radius 2 is 1.73 bits per heavy atom. The highest BCUT2D eigenvalue weighted by molar-refractivity contribution is 6.05. The van der Waals surface area contributed by atoms with Crippen LogP contribution in [0.3, 0.4) is 0 Å². The first-order chi connectivity index (χ1) is 12.4. The molecule has 6 heteroatoms. The molecule has 0 spiro atoms. The van der Waals surface area contributed by atoms with Gasteiger partial charge in [-0.05, 0) is 45.8 Å². The summed E-state index contributed by atoms with van der Waals surface area (Å²) in [6.45, 7) is 7.06. The van der Waals surface area contributed by atoms with Gasteiger partial charge in [0.25, 0.3) is 11.5 Å². The number of nitrogens with zero attached hydrogens (tertiary/aromatic N) is 3. The zero-order chi connectivity index (χ0) is 18.7. The number of nitrogens with one attached hydrogen (secondary N) is 1. The molecular formula is C20H28N4O2. The van der Waals surface area contributed by atoms with Crippen LogP contribution in [0, 0.1) is 0 Å². The first-order valence-corrected chi connectivity index (χ1v) is 9.38. The number of aryl methyl sites for hydroxylation is 1. The lowest BCUT2D eigenvalue weighted by Crippen LogP contribution is -2.52. The fraction of sp³-hybridized carbons (Fsp3) is 0.550. The quantitative estimate of drug-likeness (QED) is 0.913. The van der Waals surface area contributed by atoms with Crippen molar-refractivity contribution in [3.8, 4) is 0 Å². The molecule has 1 amide bonds. The fourth-order valence-corrected chi connectivity index (χ4v) is 3.73. The summed E-state index contributed by atoms with van der Waals surface area (Å²) in [6.07, 6.45) is 5.02. The minimum Gasteiger partial charge on any atom is -0.344 e. The summed E-state index contributed by atoms with van der Waals surface area (Å²) in [6, 6.07) is 7.14. The van der Waals surface area contributed by atoms with Gasteiger partial charge in [-0.25, -0.2) is 4.68 Å². The van der Waals surface area contributed by atoms with Crippen molar-refractivity contribution in [1.29, 1.82) is 0 Å². The van der Waals surface area contributed by atoms with E-state index in [1.807, 2.05) is 19.9 Å². The van der Waals surface area contributed by atoms with Crippen molar-refractivity contribution in [2.24, 2.45) is 7.05 Å². The summed E-state index contributed by atoms with van der Waals surface area (Å²) in [4.78, 5) is 27.6. The molecule has 1 saturated heterocycles. The Labute approximate surface area is 154 Å². The van der Waals surface area contributed by atoms with Crippen molar-refractivity contribution in [2.45, 2.75) is 45.1 Å². The molecule has 1 N–H and O–H groups in total. The molecule has 1 aliphatic rings. The molecule has 3 rings (SSSR count). The van der Waals surface area contributed by atoms with E-state index in [0.29, 0.717) is 16.5 Å². The predicted octanol–water partition coefficient (Wildman–Crippen LogP) is 2.32. The van der Waals surface area contributed by atoms with Crippen LogP contribution >= 0.6 is 0 Å². The number of likely N-dealkylation sites (tertiary alicyclic amines) is 1. The van der Waals surface area contributed by atoms with Gasteiger partial charge in [-0.3, -0.25) is 9.59 Å². The highest BCUT2D eigenvalue weighted by atomic mass is 16.2. The van der Waals surface area contributed by atoms with E-state index in [4.69, 9.17) is 0 Å². The van der Waals surface area contributed by atoms with E-state index in [9.17, 15) is 9.59 Å². The topological polar surface area (TPSA) is 67.2 Å². The zero-order valence-electron chi connectivity index (χ0n) is 15.9. The minimum absolute atomic E-state index is 0.194. The van der Waals surface area contributed by atoms with Crippen molar-refractivity contribution in [2.75, 3.05) is 19.6 Å². The van der Waals surface area contributed by atoms with Crippen molar-refractivity contribution in [3.05, 3.63) is 40.3 Å². The van der Waals surface area contributed by atoms with Crippen molar-refractivity contribution >= 4 is 16.7 Å². The van der Waals surface area contributed by atoms with Gasteiger partial charge < -0.3 is 10.2 Å². The molecule has 26 heavy (non-hydrogen) atoms. The van der Waals surface area contributed by atoms with Crippen LogP contribution < -0.4 is 10.9 Å². The Balaban J connectivity index is 1.82. The third kappa shape index (κ3) is 4.12. The number of carbonyl (C=O) groups excluding carboxylic acids is 1. The number of rotatable bonds is 4. The van der Waals surface area contributed by atoms with Gasteiger partial charge in [0.15, 0.2) is 5.69 Å². The lowest BCUT2D eigenvalue weighted by Gasteiger charge is -2.33. The molecule has 0 aliphatic carbocycles. The fourth-order valence-electron chi connectivity index (χ4n) is 3.73. The van der Waals surface area contributed by atoms with Crippen LogP contribution in [-0.4, -0.2) is 45.8 Å². The second-order valence-corrected chi connectivity index (χ2v) is 7.85. The summed E-state index contributed by atoms with van der Waals surface area (Å²) >= 11 is 0. The van der Waals surface area contributed by atoms with E-state index in [1.54, 1.807) is 25.2 Å². The molecular weight excluding hydrogens is 328 g/mol. The zero-order valence-corrected chi connectivity index (χ0v) is 15.9. The van der Waals surface area contributed by atoms with Gasteiger partial charge in [0, 0.05) is 24.5 Å². The number of hydrogen-bond acceptors (Lipinski definition) is 4. The maximum Gasteiger partial charge on any atom is 0.274 e. The molecule has 2 heterocycles. The van der Waals surface area contributed by atoms with Crippen LogP contribution in [0.2, 0.25) is 0 Å². The lowest BCUT2D eigenvalue weighted by atomic mass is 10.0. The van der Waals surface area contributed by atoms with Crippen LogP contribution in [0.5, 0.6) is 0 Å². The van der Waals surface area contributed by atoms with E-state index < -0.39 is 0 Å². The first-order valence-electron chi connectivity index (χ1n) is 9.38. The van der Waals surface area contributed by atoms with Crippen molar-refractivity contribution in [1.82, 2.24) is 20.0 Å². The molecule has 1 aromatic carbocycles. The highest BCUT2D eigenvalue weighted by Crippen LogP contribution is 2.16. The molecule has 1 aromatic heterocycles. The summed E-state index contributed by atoms with van der Waals surface area (Å²) in [5.74, 6) is -0.239. The van der Waals surface area contributed by atoms with Crippen LogP contribution in [0.1, 0.15) is 50.0 Å². The Morgan fingerprint density at radius 3 is 2.38 bits per heavy atom. The number of amides is 1.